The first kappa shape index (κ1) is 16.3. The van der Waals surface area contributed by atoms with Crippen molar-refractivity contribution in [3.8, 4) is 0 Å². The van der Waals surface area contributed by atoms with E-state index in [1.54, 1.807) is 28.9 Å². The minimum atomic E-state index is -0.935. The highest BCUT2D eigenvalue weighted by molar-refractivity contribution is 5.82. The van der Waals surface area contributed by atoms with Crippen LogP contribution in [0.3, 0.4) is 0 Å². The van der Waals surface area contributed by atoms with Crippen LogP contribution in [0.5, 0.6) is 0 Å². The molecular formula is C16H21FN2O3. The monoisotopic (exact) mass is 308 g/mol. The molecule has 1 aliphatic heterocycles. The lowest BCUT2D eigenvalue weighted by atomic mass is 10.1. The first-order valence-corrected chi connectivity index (χ1v) is 7.48. The minimum absolute atomic E-state index is 0.0423. The van der Waals surface area contributed by atoms with Crippen LogP contribution in [0.25, 0.3) is 0 Å². The molecule has 1 N–H and O–H groups in total. The number of carbonyl (C=O) groups is 2. The van der Waals surface area contributed by atoms with Crippen LogP contribution in [-0.4, -0.2) is 48.1 Å². The SMILES string of the molecule is CC(CN(CC(=O)N1CCCC1)c1cccc(F)c1)C(=O)O. The summed E-state index contributed by atoms with van der Waals surface area (Å²) in [6.07, 6.45) is 1.99. The predicted octanol–water partition coefficient (Wildman–Crippen LogP) is 1.98. The molecule has 2 rings (SSSR count). The number of nitrogens with zero attached hydrogens (tertiary/aromatic N) is 2. The van der Waals surface area contributed by atoms with Gasteiger partial charge < -0.3 is 14.9 Å². The molecule has 0 saturated carbocycles. The first-order chi connectivity index (χ1) is 10.5. The molecule has 6 heteroatoms. The Labute approximate surface area is 129 Å². The van der Waals surface area contributed by atoms with Gasteiger partial charge in [0.25, 0.3) is 0 Å². The molecule has 5 nitrogen and oxygen atoms in total. The van der Waals surface area contributed by atoms with E-state index in [-0.39, 0.29) is 19.0 Å². The molecule has 1 aromatic rings. The highest BCUT2D eigenvalue weighted by atomic mass is 19.1. The summed E-state index contributed by atoms with van der Waals surface area (Å²) < 4.78 is 13.4. The summed E-state index contributed by atoms with van der Waals surface area (Å²) in [6.45, 7) is 3.29. The summed E-state index contributed by atoms with van der Waals surface area (Å²) in [7, 11) is 0. The van der Waals surface area contributed by atoms with Crippen molar-refractivity contribution in [2.75, 3.05) is 31.1 Å². The number of hydrogen-bond acceptors (Lipinski definition) is 3. The van der Waals surface area contributed by atoms with Gasteiger partial charge in [-0.2, -0.15) is 0 Å². The number of carboxylic acid groups (broad SMARTS) is 1. The number of rotatable bonds is 6. The number of benzene rings is 1. The number of anilines is 1. The Hall–Kier alpha value is -2.11. The lowest BCUT2D eigenvalue weighted by Crippen LogP contribution is -2.41. The van der Waals surface area contributed by atoms with Crippen molar-refractivity contribution >= 4 is 17.6 Å². The molecule has 1 amide bonds. The zero-order chi connectivity index (χ0) is 16.1. The molecule has 1 heterocycles. The lowest BCUT2D eigenvalue weighted by molar-refractivity contribution is -0.141. The van der Waals surface area contributed by atoms with Crippen molar-refractivity contribution in [1.82, 2.24) is 4.90 Å². The van der Waals surface area contributed by atoms with Crippen LogP contribution in [0.15, 0.2) is 24.3 Å². The van der Waals surface area contributed by atoms with E-state index in [1.165, 1.54) is 12.1 Å². The van der Waals surface area contributed by atoms with Crippen LogP contribution >= 0.6 is 0 Å². The van der Waals surface area contributed by atoms with E-state index < -0.39 is 17.7 Å². The average Bonchev–Trinajstić information content (AvgIpc) is 3.00. The van der Waals surface area contributed by atoms with Gasteiger partial charge in [0.2, 0.25) is 5.91 Å². The van der Waals surface area contributed by atoms with Crippen molar-refractivity contribution < 1.29 is 19.1 Å². The maximum Gasteiger partial charge on any atom is 0.308 e. The third kappa shape index (κ3) is 4.19. The van der Waals surface area contributed by atoms with E-state index in [4.69, 9.17) is 5.11 Å². The molecule has 1 aromatic carbocycles. The Kier molecular flexibility index (Phi) is 5.35. The molecule has 1 fully saturated rings. The number of carbonyl (C=O) groups excluding carboxylic acids is 1. The number of aliphatic carboxylic acids is 1. The van der Waals surface area contributed by atoms with Gasteiger partial charge in [-0.05, 0) is 31.0 Å². The summed E-state index contributed by atoms with van der Waals surface area (Å²) in [4.78, 5) is 26.8. The fourth-order valence-corrected chi connectivity index (χ4v) is 2.57. The zero-order valence-electron chi connectivity index (χ0n) is 12.7. The van der Waals surface area contributed by atoms with Crippen LogP contribution in [0, 0.1) is 11.7 Å². The summed E-state index contributed by atoms with van der Waals surface area (Å²) in [6, 6.07) is 5.90. The number of likely N-dealkylation sites (tertiary alicyclic amines) is 1. The molecule has 120 valence electrons. The second-order valence-electron chi connectivity index (χ2n) is 5.69. The van der Waals surface area contributed by atoms with Crippen LogP contribution < -0.4 is 4.90 Å². The van der Waals surface area contributed by atoms with Gasteiger partial charge in [-0.15, -0.1) is 0 Å². The zero-order valence-corrected chi connectivity index (χ0v) is 12.7. The summed E-state index contributed by atoms with van der Waals surface area (Å²) in [5.74, 6) is -2.02. The maximum absolute atomic E-state index is 13.4. The fraction of sp³-hybridized carbons (Fsp3) is 0.500. The van der Waals surface area contributed by atoms with Crippen molar-refractivity contribution in [3.05, 3.63) is 30.1 Å². The molecule has 0 radical (unpaired) electrons. The summed E-state index contributed by atoms with van der Waals surface area (Å²) >= 11 is 0. The summed E-state index contributed by atoms with van der Waals surface area (Å²) in [5, 5.41) is 9.08. The van der Waals surface area contributed by atoms with Gasteiger partial charge in [-0.1, -0.05) is 13.0 Å². The highest BCUT2D eigenvalue weighted by Gasteiger charge is 2.23. The van der Waals surface area contributed by atoms with Gasteiger partial charge in [0, 0.05) is 25.3 Å². The molecule has 0 aliphatic carbocycles. The Morgan fingerprint density at radius 3 is 2.64 bits per heavy atom. The molecule has 1 atom stereocenters. The predicted molar refractivity (Wildman–Crippen MR) is 81.2 cm³/mol. The normalized spacial score (nSPS) is 15.6. The topological polar surface area (TPSA) is 60.9 Å². The second kappa shape index (κ2) is 7.24. The van der Waals surface area contributed by atoms with Gasteiger partial charge in [-0.3, -0.25) is 9.59 Å². The molecule has 1 unspecified atom stereocenters. The molecule has 0 bridgehead atoms. The Bertz CT molecular complexity index is 544. The Balaban J connectivity index is 2.13. The molecule has 0 aromatic heterocycles. The quantitative estimate of drug-likeness (QED) is 0.873. The van der Waals surface area contributed by atoms with Crippen molar-refractivity contribution in [3.63, 3.8) is 0 Å². The second-order valence-corrected chi connectivity index (χ2v) is 5.69. The van der Waals surface area contributed by atoms with Crippen molar-refractivity contribution in [1.29, 1.82) is 0 Å². The number of halogens is 1. The average molecular weight is 308 g/mol. The maximum atomic E-state index is 13.4. The van der Waals surface area contributed by atoms with Gasteiger partial charge in [0.1, 0.15) is 5.82 Å². The van der Waals surface area contributed by atoms with Gasteiger partial charge in [-0.25, -0.2) is 4.39 Å². The Morgan fingerprint density at radius 1 is 1.36 bits per heavy atom. The van der Waals surface area contributed by atoms with E-state index in [2.05, 4.69) is 0 Å². The number of hydrogen-bond donors (Lipinski definition) is 1. The molecule has 22 heavy (non-hydrogen) atoms. The van der Waals surface area contributed by atoms with Gasteiger partial charge in [0.15, 0.2) is 0 Å². The number of carboxylic acids is 1. The lowest BCUT2D eigenvalue weighted by Gasteiger charge is -2.28. The third-order valence-corrected chi connectivity index (χ3v) is 3.87. The largest absolute Gasteiger partial charge is 0.481 e. The van der Waals surface area contributed by atoms with Gasteiger partial charge in [0.05, 0.1) is 12.5 Å². The number of amides is 1. The molecular weight excluding hydrogens is 287 g/mol. The third-order valence-electron chi connectivity index (χ3n) is 3.87. The highest BCUT2D eigenvalue weighted by Crippen LogP contribution is 2.18. The van der Waals surface area contributed by atoms with E-state index >= 15 is 0 Å². The molecule has 1 aliphatic rings. The van der Waals surface area contributed by atoms with Crippen LogP contribution in [0.2, 0.25) is 0 Å². The van der Waals surface area contributed by atoms with Crippen LogP contribution in [0.1, 0.15) is 19.8 Å². The molecule has 0 spiro atoms. The fourth-order valence-electron chi connectivity index (χ4n) is 2.57. The van der Waals surface area contributed by atoms with Crippen LogP contribution in [0.4, 0.5) is 10.1 Å². The minimum Gasteiger partial charge on any atom is -0.481 e. The summed E-state index contributed by atoms with van der Waals surface area (Å²) in [5.41, 5.74) is 0.528. The standard InChI is InChI=1S/C16H21FN2O3/c1-12(16(21)22)10-19(14-6-4-5-13(17)9-14)11-15(20)18-7-2-3-8-18/h4-6,9,12H,2-3,7-8,10-11H2,1H3,(H,21,22). The Morgan fingerprint density at radius 2 is 2.05 bits per heavy atom. The smallest absolute Gasteiger partial charge is 0.308 e. The van der Waals surface area contributed by atoms with E-state index in [0.29, 0.717) is 5.69 Å². The van der Waals surface area contributed by atoms with Crippen molar-refractivity contribution in [2.24, 2.45) is 5.92 Å². The van der Waals surface area contributed by atoms with Crippen molar-refractivity contribution in [2.45, 2.75) is 19.8 Å². The van der Waals surface area contributed by atoms with Gasteiger partial charge >= 0.3 is 5.97 Å². The van der Waals surface area contributed by atoms with E-state index in [9.17, 15) is 14.0 Å². The first-order valence-electron chi connectivity index (χ1n) is 7.48. The van der Waals surface area contributed by atoms with E-state index in [0.717, 1.165) is 25.9 Å². The molecule has 1 saturated heterocycles. The van der Waals surface area contributed by atoms with Crippen LogP contribution in [-0.2, 0) is 9.59 Å². The van der Waals surface area contributed by atoms with E-state index in [1.807, 2.05) is 0 Å².